The third-order valence-electron chi connectivity index (χ3n) is 6.06. The normalized spacial score (nSPS) is 14.3. The summed E-state index contributed by atoms with van der Waals surface area (Å²) in [6.45, 7) is -2.14. The van der Waals surface area contributed by atoms with Gasteiger partial charge in [-0.2, -0.15) is 26.3 Å². The molecule has 0 spiro atoms. The van der Waals surface area contributed by atoms with Gasteiger partial charge in [-0.15, -0.1) is 0 Å². The number of hydrogen-bond donors (Lipinski definition) is 3. The Morgan fingerprint density at radius 2 is 1.02 bits per heavy atom. The lowest BCUT2D eigenvalue weighted by atomic mass is 10.1. The third kappa shape index (κ3) is 27.6. The number of esters is 2. The van der Waals surface area contributed by atoms with Gasteiger partial charge in [-0.3, -0.25) is 23.4 Å². The van der Waals surface area contributed by atoms with Gasteiger partial charge in [0.15, 0.2) is 0 Å². The number of hydrogen-bond acceptors (Lipinski definition) is 9. The van der Waals surface area contributed by atoms with Crippen LogP contribution in [-0.2, 0) is 37.5 Å². The Kier molecular flexibility index (Phi) is 21.6. The van der Waals surface area contributed by atoms with Gasteiger partial charge in [-0.05, 0) is 25.7 Å². The van der Waals surface area contributed by atoms with E-state index in [2.05, 4.69) is 4.52 Å². The second-order valence-electron chi connectivity index (χ2n) is 10.3. The van der Waals surface area contributed by atoms with Crippen molar-refractivity contribution in [1.82, 2.24) is 0 Å². The summed E-state index contributed by atoms with van der Waals surface area (Å²) in [7, 11) is -4.93. The highest BCUT2D eigenvalue weighted by atomic mass is 31.2. The molecule has 0 aliphatic carbocycles. The summed E-state index contributed by atoms with van der Waals surface area (Å²) in [5, 5.41) is 8.78. The molecule has 18 heteroatoms. The van der Waals surface area contributed by atoms with Crippen molar-refractivity contribution < 1.29 is 73.8 Å². The molecule has 0 bridgehead atoms. The van der Waals surface area contributed by atoms with Crippen molar-refractivity contribution in [1.29, 1.82) is 0 Å². The number of aliphatic carboxylic acids is 1. The van der Waals surface area contributed by atoms with Gasteiger partial charge >= 0.3 is 38.1 Å². The first-order valence-electron chi connectivity index (χ1n) is 14.5. The van der Waals surface area contributed by atoms with E-state index in [9.17, 15) is 50.2 Å². The Balaban J connectivity index is 4.56. The van der Waals surface area contributed by atoms with Gasteiger partial charge < -0.3 is 25.2 Å². The van der Waals surface area contributed by atoms with Crippen molar-refractivity contribution in [3.8, 4) is 0 Å². The number of ether oxygens (including phenoxy) is 2. The van der Waals surface area contributed by atoms with Crippen molar-refractivity contribution in [2.24, 2.45) is 5.73 Å². The quantitative estimate of drug-likeness (QED) is 0.0404. The molecule has 0 amide bonds. The molecular weight excluding hydrogens is 631 g/mol. The maximum absolute atomic E-state index is 12.2. The molecule has 11 nitrogen and oxygen atoms in total. The minimum Gasteiger partial charge on any atom is -0.480 e. The standard InChI is InChI=1S/C26H44F6NO10P/c27-25(28,29)15-11-7-3-1-5-9-13-22(34)40-17-20(43-44(38,39)42-19-21(33)24(36)37)18-41-23(35)14-10-6-2-4-8-12-16-26(30,31)32/h20-21H,1-19,33H2,(H,36,37)(H,38,39). The van der Waals surface area contributed by atoms with E-state index in [-0.39, 0.29) is 25.7 Å². The molecule has 0 aromatic carbocycles. The number of phosphoric ester groups is 1. The minimum atomic E-state index is -4.93. The maximum Gasteiger partial charge on any atom is 0.472 e. The first kappa shape index (κ1) is 42.1. The number of rotatable bonds is 26. The van der Waals surface area contributed by atoms with Crippen LogP contribution < -0.4 is 5.73 Å². The lowest BCUT2D eigenvalue weighted by Gasteiger charge is -2.21. The van der Waals surface area contributed by atoms with Crippen LogP contribution in [0, 0.1) is 0 Å². The molecule has 0 fully saturated rings. The number of carbonyl (C=O) groups excluding carboxylic acids is 2. The number of nitrogens with two attached hydrogens (primary N) is 1. The molecule has 0 aliphatic heterocycles. The average Bonchev–Trinajstić information content (AvgIpc) is 2.90. The van der Waals surface area contributed by atoms with Gasteiger partial charge in [-0.25, -0.2) is 4.57 Å². The molecule has 2 atom stereocenters. The number of carboxylic acids is 1. The molecule has 0 radical (unpaired) electrons. The first-order valence-corrected chi connectivity index (χ1v) is 16.0. The van der Waals surface area contributed by atoms with Crippen molar-refractivity contribution in [2.45, 2.75) is 127 Å². The molecule has 0 rings (SSSR count). The van der Waals surface area contributed by atoms with Crippen LogP contribution in [0.3, 0.4) is 0 Å². The van der Waals surface area contributed by atoms with Crippen molar-refractivity contribution >= 4 is 25.7 Å². The van der Waals surface area contributed by atoms with Crippen LogP contribution in [0.1, 0.15) is 103 Å². The summed E-state index contributed by atoms with van der Waals surface area (Å²) < 4.78 is 105. The monoisotopic (exact) mass is 675 g/mol. The highest BCUT2D eigenvalue weighted by molar-refractivity contribution is 7.47. The van der Waals surface area contributed by atoms with E-state index in [1.54, 1.807) is 0 Å². The highest BCUT2D eigenvalue weighted by Gasteiger charge is 2.31. The van der Waals surface area contributed by atoms with Crippen LogP contribution in [0.5, 0.6) is 0 Å². The molecule has 0 saturated heterocycles. The molecule has 0 aliphatic rings. The van der Waals surface area contributed by atoms with E-state index < -0.39 is 82.9 Å². The second-order valence-corrected chi connectivity index (χ2v) is 11.7. The van der Waals surface area contributed by atoms with Gasteiger partial charge in [-0.1, -0.05) is 51.4 Å². The predicted octanol–water partition coefficient (Wildman–Crippen LogP) is 6.35. The maximum atomic E-state index is 12.2. The van der Waals surface area contributed by atoms with E-state index in [0.717, 1.165) is 0 Å². The molecule has 260 valence electrons. The molecule has 2 unspecified atom stereocenters. The molecule has 0 heterocycles. The molecule has 0 aromatic heterocycles. The number of unbranched alkanes of at least 4 members (excludes halogenated alkanes) is 10. The number of halogens is 6. The topological polar surface area (TPSA) is 172 Å². The largest absolute Gasteiger partial charge is 0.480 e. The smallest absolute Gasteiger partial charge is 0.472 e. The van der Waals surface area contributed by atoms with E-state index in [0.29, 0.717) is 64.2 Å². The second kappa shape index (κ2) is 22.5. The van der Waals surface area contributed by atoms with Crippen molar-refractivity contribution in [3.05, 3.63) is 0 Å². The van der Waals surface area contributed by atoms with E-state index in [1.807, 2.05) is 0 Å². The van der Waals surface area contributed by atoms with Crippen LogP contribution in [0.15, 0.2) is 0 Å². The Bertz CT molecular complexity index is 829. The number of alkyl halides is 6. The lowest BCUT2D eigenvalue weighted by Crippen LogP contribution is -2.35. The van der Waals surface area contributed by atoms with E-state index in [4.69, 9.17) is 24.8 Å². The van der Waals surface area contributed by atoms with Gasteiger partial charge in [0.1, 0.15) is 25.4 Å². The summed E-state index contributed by atoms with van der Waals surface area (Å²) in [6, 6.07) is -1.64. The molecule has 0 aromatic rings. The zero-order valence-corrected chi connectivity index (χ0v) is 25.4. The summed E-state index contributed by atoms with van der Waals surface area (Å²) in [6.07, 6.45) is -6.44. The Labute approximate surface area is 252 Å². The van der Waals surface area contributed by atoms with Crippen LogP contribution >= 0.6 is 7.82 Å². The number of carbonyl (C=O) groups is 3. The third-order valence-corrected chi connectivity index (χ3v) is 7.10. The summed E-state index contributed by atoms with van der Waals surface area (Å²) in [4.78, 5) is 44.9. The van der Waals surface area contributed by atoms with Gasteiger partial charge in [0.2, 0.25) is 0 Å². The van der Waals surface area contributed by atoms with Crippen LogP contribution in [0.2, 0.25) is 0 Å². The highest BCUT2D eigenvalue weighted by Crippen LogP contribution is 2.44. The van der Waals surface area contributed by atoms with Gasteiger partial charge in [0.05, 0.1) is 6.61 Å². The van der Waals surface area contributed by atoms with Crippen LogP contribution in [0.25, 0.3) is 0 Å². The van der Waals surface area contributed by atoms with Gasteiger partial charge in [0.25, 0.3) is 0 Å². The fourth-order valence-corrected chi connectivity index (χ4v) is 4.60. The lowest BCUT2D eigenvalue weighted by molar-refractivity contribution is -0.152. The SMILES string of the molecule is NC(COP(=O)(O)OC(COC(=O)CCCCCCCCC(F)(F)F)COC(=O)CCCCCCCCC(F)(F)F)C(=O)O. The van der Waals surface area contributed by atoms with Crippen molar-refractivity contribution in [2.75, 3.05) is 19.8 Å². The first-order chi connectivity index (χ1) is 20.4. The Hall–Kier alpha value is -1.94. The van der Waals surface area contributed by atoms with Crippen LogP contribution in [-0.4, -0.2) is 72.2 Å². The zero-order valence-electron chi connectivity index (χ0n) is 24.5. The summed E-state index contributed by atoms with van der Waals surface area (Å²) in [5.41, 5.74) is 5.23. The fraction of sp³-hybridized carbons (Fsp3) is 0.885. The Morgan fingerprint density at radius 3 is 1.39 bits per heavy atom. The number of phosphoric acid groups is 1. The summed E-state index contributed by atoms with van der Waals surface area (Å²) in [5.74, 6) is -2.93. The molecule has 0 saturated carbocycles. The Morgan fingerprint density at radius 1 is 0.659 bits per heavy atom. The van der Waals surface area contributed by atoms with Gasteiger partial charge in [0, 0.05) is 25.7 Å². The molecule has 4 N–H and O–H groups in total. The van der Waals surface area contributed by atoms with Crippen molar-refractivity contribution in [3.63, 3.8) is 0 Å². The number of carboxylic acid groups (broad SMARTS) is 1. The average molecular weight is 676 g/mol. The fourth-order valence-electron chi connectivity index (χ4n) is 3.69. The zero-order chi connectivity index (χ0) is 33.7. The van der Waals surface area contributed by atoms with Crippen LogP contribution in [0.4, 0.5) is 26.3 Å². The van der Waals surface area contributed by atoms with E-state index >= 15 is 0 Å². The predicted molar refractivity (Wildman–Crippen MR) is 144 cm³/mol. The van der Waals surface area contributed by atoms with E-state index in [1.165, 1.54) is 0 Å². The minimum absolute atomic E-state index is 0.0343. The molecule has 44 heavy (non-hydrogen) atoms. The molecular formula is C26H44F6NO10P. The summed E-state index contributed by atoms with van der Waals surface area (Å²) >= 11 is 0.